The molecule has 0 aliphatic carbocycles. The van der Waals surface area contributed by atoms with Crippen molar-refractivity contribution in [1.29, 1.82) is 0 Å². The normalized spacial score (nSPS) is 11.0. The molecule has 0 radical (unpaired) electrons. The molecule has 152 valence electrons. The van der Waals surface area contributed by atoms with Crippen LogP contribution in [0.2, 0.25) is 0 Å². The zero-order chi connectivity index (χ0) is 21.3. The minimum Gasteiger partial charge on any atom is -0.452 e. The average molecular weight is 408 g/mol. The van der Waals surface area contributed by atoms with Crippen LogP contribution in [0.15, 0.2) is 60.7 Å². The SMILES string of the molecule is O=C(COC(=O)/C=C/c1ccc(OC(F)(F)F)cc1)NNC(=O)c1ccccc1. The number of amides is 2. The minimum atomic E-state index is -4.79. The molecule has 7 nitrogen and oxygen atoms in total. The third-order valence-corrected chi connectivity index (χ3v) is 3.22. The summed E-state index contributed by atoms with van der Waals surface area (Å²) in [7, 11) is 0. The van der Waals surface area contributed by atoms with E-state index < -0.39 is 36.5 Å². The first-order valence-corrected chi connectivity index (χ1v) is 8.08. The van der Waals surface area contributed by atoms with E-state index in [-0.39, 0.29) is 0 Å². The third kappa shape index (κ3) is 8.16. The lowest BCUT2D eigenvalue weighted by Gasteiger charge is -2.08. The Bertz CT molecular complexity index is 881. The molecule has 0 aliphatic heterocycles. The lowest BCUT2D eigenvalue weighted by Crippen LogP contribution is -2.43. The number of hydrazine groups is 1. The topological polar surface area (TPSA) is 93.7 Å². The van der Waals surface area contributed by atoms with E-state index in [0.717, 1.165) is 18.2 Å². The number of hydrogen-bond donors (Lipinski definition) is 2. The molecule has 2 rings (SSSR count). The van der Waals surface area contributed by atoms with Crippen molar-refractivity contribution < 1.29 is 37.0 Å². The molecular formula is C19H15F3N2O5. The molecule has 2 aromatic carbocycles. The second-order valence-corrected chi connectivity index (χ2v) is 5.43. The predicted octanol–water partition coefficient (Wildman–Crippen LogP) is 2.60. The van der Waals surface area contributed by atoms with E-state index in [2.05, 4.69) is 15.6 Å². The van der Waals surface area contributed by atoms with Crippen molar-refractivity contribution in [1.82, 2.24) is 10.9 Å². The van der Waals surface area contributed by atoms with Gasteiger partial charge in [-0.05, 0) is 35.9 Å². The van der Waals surface area contributed by atoms with Crippen LogP contribution in [0, 0.1) is 0 Å². The van der Waals surface area contributed by atoms with Crippen molar-refractivity contribution in [2.24, 2.45) is 0 Å². The van der Waals surface area contributed by atoms with E-state index in [4.69, 9.17) is 4.74 Å². The molecule has 2 N–H and O–H groups in total. The summed E-state index contributed by atoms with van der Waals surface area (Å²) in [6.07, 6.45) is -2.51. The molecule has 0 unspecified atom stereocenters. The van der Waals surface area contributed by atoms with E-state index >= 15 is 0 Å². The molecule has 2 amide bonds. The molecule has 0 atom stereocenters. The first kappa shape index (κ1) is 21.5. The zero-order valence-electron chi connectivity index (χ0n) is 14.7. The molecule has 0 spiro atoms. The molecule has 0 aliphatic rings. The van der Waals surface area contributed by atoms with Gasteiger partial charge in [-0.3, -0.25) is 20.4 Å². The molecule has 29 heavy (non-hydrogen) atoms. The predicted molar refractivity (Wildman–Crippen MR) is 95.2 cm³/mol. The first-order valence-electron chi connectivity index (χ1n) is 8.08. The van der Waals surface area contributed by atoms with Gasteiger partial charge in [0.2, 0.25) is 0 Å². The second kappa shape index (κ2) is 9.93. The van der Waals surface area contributed by atoms with E-state index in [1.165, 1.54) is 18.2 Å². The Hall–Kier alpha value is -3.82. The van der Waals surface area contributed by atoms with Crippen LogP contribution in [0.1, 0.15) is 15.9 Å². The van der Waals surface area contributed by atoms with Crippen molar-refractivity contribution in [3.63, 3.8) is 0 Å². The first-order chi connectivity index (χ1) is 13.7. The molecule has 0 fully saturated rings. The summed E-state index contributed by atoms with van der Waals surface area (Å²) < 4.78 is 44.7. The summed E-state index contributed by atoms with van der Waals surface area (Å²) in [5.74, 6) is -2.55. The molecule has 2 aromatic rings. The molecule has 0 aromatic heterocycles. The van der Waals surface area contributed by atoms with E-state index in [1.54, 1.807) is 30.3 Å². The molecular weight excluding hydrogens is 393 g/mol. The van der Waals surface area contributed by atoms with Gasteiger partial charge >= 0.3 is 12.3 Å². The lowest BCUT2D eigenvalue weighted by molar-refractivity contribution is -0.274. The highest BCUT2D eigenvalue weighted by atomic mass is 19.4. The summed E-state index contributed by atoms with van der Waals surface area (Å²) in [5, 5.41) is 0. The number of carbonyl (C=O) groups excluding carboxylic acids is 3. The number of ether oxygens (including phenoxy) is 2. The summed E-state index contributed by atoms with van der Waals surface area (Å²) in [5.41, 5.74) is 5.00. The van der Waals surface area contributed by atoms with Crippen LogP contribution in [0.5, 0.6) is 5.75 Å². The quantitative estimate of drug-likeness (QED) is 0.435. The van der Waals surface area contributed by atoms with Crippen LogP contribution >= 0.6 is 0 Å². The van der Waals surface area contributed by atoms with Crippen LogP contribution in [-0.4, -0.2) is 30.8 Å². The van der Waals surface area contributed by atoms with Crippen LogP contribution in [-0.2, 0) is 14.3 Å². The van der Waals surface area contributed by atoms with Gasteiger partial charge in [-0.25, -0.2) is 4.79 Å². The highest BCUT2D eigenvalue weighted by molar-refractivity contribution is 5.95. The van der Waals surface area contributed by atoms with Gasteiger partial charge < -0.3 is 9.47 Å². The fourth-order valence-corrected chi connectivity index (χ4v) is 1.95. The van der Waals surface area contributed by atoms with E-state index in [0.29, 0.717) is 11.1 Å². The van der Waals surface area contributed by atoms with E-state index in [9.17, 15) is 27.6 Å². The highest BCUT2D eigenvalue weighted by Gasteiger charge is 2.30. The Morgan fingerprint density at radius 3 is 2.21 bits per heavy atom. The van der Waals surface area contributed by atoms with Crippen molar-refractivity contribution in [2.75, 3.05) is 6.61 Å². The Morgan fingerprint density at radius 2 is 1.59 bits per heavy atom. The number of benzene rings is 2. The molecule has 0 bridgehead atoms. The standard InChI is InChI=1S/C19H15F3N2O5/c20-19(21,22)29-15-9-6-13(7-10-15)8-11-17(26)28-12-16(25)23-24-18(27)14-4-2-1-3-5-14/h1-11H,12H2,(H,23,25)(H,24,27)/b11-8+. The van der Waals surface area contributed by atoms with Crippen molar-refractivity contribution >= 4 is 23.9 Å². The largest absolute Gasteiger partial charge is 0.573 e. The van der Waals surface area contributed by atoms with Crippen molar-refractivity contribution in [3.05, 3.63) is 71.8 Å². The second-order valence-electron chi connectivity index (χ2n) is 5.43. The summed E-state index contributed by atoms with van der Waals surface area (Å²) >= 11 is 0. The monoisotopic (exact) mass is 408 g/mol. The molecule has 0 saturated carbocycles. The van der Waals surface area contributed by atoms with Gasteiger partial charge in [-0.1, -0.05) is 30.3 Å². The van der Waals surface area contributed by atoms with Gasteiger partial charge in [-0.15, -0.1) is 13.2 Å². The van der Waals surface area contributed by atoms with Gasteiger partial charge in [0.15, 0.2) is 6.61 Å². The third-order valence-electron chi connectivity index (χ3n) is 3.22. The fraction of sp³-hybridized carbons (Fsp3) is 0.105. The fourth-order valence-electron chi connectivity index (χ4n) is 1.95. The summed E-state index contributed by atoms with van der Waals surface area (Å²) in [6.45, 7) is -0.642. The van der Waals surface area contributed by atoms with Gasteiger partial charge in [0.25, 0.3) is 11.8 Å². The summed E-state index contributed by atoms with van der Waals surface area (Å²) in [4.78, 5) is 34.9. The Kier molecular flexibility index (Phi) is 7.35. The van der Waals surface area contributed by atoms with Crippen LogP contribution in [0.4, 0.5) is 13.2 Å². The number of nitrogens with one attached hydrogen (secondary N) is 2. The number of hydrogen-bond acceptors (Lipinski definition) is 5. The smallest absolute Gasteiger partial charge is 0.452 e. The van der Waals surface area contributed by atoms with E-state index in [1.807, 2.05) is 0 Å². The number of carbonyl (C=O) groups is 3. The van der Waals surface area contributed by atoms with Crippen LogP contribution in [0.25, 0.3) is 6.08 Å². The highest BCUT2D eigenvalue weighted by Crippen LogP contribution is 2.22. The summed E-state index contributed by atoms with van der Waals surface area (Å²) in [6, 6.07) is 12.9. The van der Waals surface area contributed by atoms with Gasteiger partial charge in [0.05, 0.1) is 0 Å². The van der Waals surface area contributed by atoms with Crippen molar-refractivity contribution in [2.45, 2.75) is 6.36 Å². The molecule has 0 saturated heterocycles. The van der Waals surface area contributed by atoms with Crippen LogP contribution < -0.4 is 15.6 Å². The number of esters is 1. The maximum absolute atomic E-state index is 12.1. The maximum Gasteiger partial charge on any atom is 0.573 e. The zero-order valence-corrected chi connectivity index (χ0v) is 14.7. The Labute approximate surface area is 163 Å². The van der Waals surface area contributed by atoms with Gasteiger partial charge in [0.1, 0.15) is 5.75 Å². The lowest BCUT2D eigenvalue weighted by atomic mass is 10.2. The Balaban J connectivity index is 1.73. The van der Waals surface area contributed by atoms with Crippen molar-refractivity contribution in [3.8, 4) is 5.75 Å². The maximum atomic E-state index is 12.1. The molecule has 10 heteroatoms. The Morgan fingerprint density at radius 1 is 0.931 bits per heavy atom. The number of rotatable bonds is 6. The van der Waals surface area contributed by atoms with Crippen LogP contribution in [0.3, 0.4) is 0 Å². The van der Waals surface area contributed by atoms with Gasteiger partial charge in [-0.2, -0.15) is 0 Å². The minimum absolute atomic E-state index is 0.333. The molecule has 0 heterocycles. The van der Waals surface area contributed by atoms with Gasteiger partial charge in [0, 0.05) is 11.6 Å². The number of halogens is 3. The number of alkyl halides is 3. The average Bonchev–Trinajstić information content (AvgIpc) is 2.69.